The van der Waals surface area contributed by atoms with Crippen molar-refractivity contribution in [3.8, 4) is 5.75 Å². The summed E-state index contributed by atoms with van der Waals surface area (Å²) in [7, 11) is 1.62. The highest BCUT2D eigenvalue weighted by atomic mass is 32.1. The lowest BCUT2D eigenvalue weighted by molar-refractivity contribution is -0.120. The van der Waals surface area contributed by atoms with Crippen molar-refractivity contribution >= 4 is 39.0 Å². The summed E-state index contributed by atoms with van der Waals surface area (Å²) in [5.74, 6) is 1.65. The summed E-state index contributed by atoms with van der Waals surface area (Å²) in [6.45, 7) is 3.73. The van der Waals surface area contributed by atoms with Crippen molar-refractivity contribution in [1.29, 1.82) is 0 Å². The summed E-state index contributed by atoms with van der Waals surface area (Å²) >= 11 is 1.72. The molecule has 1 atom stereocenters. The van der Waals surface area contributed by atoms with E-state index in [1.807, 2.05) is 24.3 Å². The van der Waals surface area contributed by atoms with E-state index >= 15 is 0 Å². The second kappa shape index (κ2) is 8.14. The Kier molecular flexibility index (Phi) is 5.43. The molecule has 3 heterocycles. The second-order valence-electron chi connectivity index (χ2n) is 6.99. The van der Waals surface area contributed by atoms with Crippen molar-refractivity contribution < 1.29 is 9.53 Å². The molecule has 28 heavy (non-hydrogen) atoms. The fourth-order valence-electron chi connectivity index (χ4n) is 3.65. The molecule has 1 aliphatic rings. The summed E-state index contributed by atoms with van der Waals surface area (Å²) in [5, 5.41) is 4.13. The van der Waals surface area contributed by atoms with Crippen molar-refractivity contribution in [1.82, 2.24) is 9.97 Å². The van der Waals surface area contributed by atoms with Crippen molar-refractivity contribution in [3.05, 3.63) is 41.5 Å². The number of amides is 1. The van der Waals surface area contributed by atoms with Crippen molar-refractivity contribution in [3.63, 3.8) is 0 Å². The van der Waals surface area contributed by atoms with Crippen LogP contribution in [0.2, 0.25) is 0 Å². The molecule has 1 saturated heterocycles. The fraction of sp³-hybridized carbons (Fsp3) is 0.381. The Bertz CT molecular complexity index is 987. The van der Waals surface area contributed by atoms with Crippen LogP contribution in [0.4, 0.5) is 11.5 Å². The van der Waals surface area contributed by atoms with Gasteiger partial charge < -0.3 is 15.0 Å². The number of nitrogens with one attached hydrogen (secondary N) is 1. The molecule has 0 bridgehead atoms. The molecule has 3 aromatic rings. The molecule has 4 rings (SSSR count). The van der Waals surface area contributed by atoms with Crippen LogP contribution >= 0.6 is 11.3 Å². The molecular weight excluding hydrogens is 372 g/mol. The Morgan fingerprint density at radius 3 is 3.07 bits per heavy atom. The Balaban J connectivity index is 1.51. The van der Waals surface area contributed by atoms with Gasteiger partial charge in [-0.2, -0.15) is 0 Å². The molecule has 1 amide bonds. The zero-order chi connectivity index (χ0) is 19.5. The first kappa shape index (κ1) is 18.7. The number of aryl methyl sites for hydroxylation is 1. The number of carbonyl (C=O) groups excluding carboxylic acids is 1. The lowest BCUT2D eigenvalue weighted by Crippen LogP contribution is -2.41. The van der Waals surface area contributed by atoms with Gasteiger partial charge in [0.1, 0.15) is 22.7 Å². The van der Waals surface area contributed by atoms with E-state index in [2.05, 4.69) is 33.2 Å². The number of methoxy groups -OCH3 is 1. The molecule has 0 radical (unpaired) electrons. The minimum absolute atomic E-state index is 0.0443. The molecule has 0 saturated carbocycles. The number of carbonyl (C=O) groups is 1. The Hall–Kier alpha value is -2.67. The number of thiophene rings is 1. The zero-order valence-electron chi connectivity index (χ0n) is 16.1. The van der Waals surface area contributed by atoms with E-state index in [0.717, 1.165) is 53.3 Å². The van der Waals surface area contributed by atoms with Crippen LogP contribution in [0.1, 0.15) is 24.6 Å². The van der Waals surface area contributed by atoms with E-state index in [9.17, 15) is 4.79 Å². The Morgan fingerprint density at radius 2 is 2.25 bits per heavy atom. The Labute approximate surface area is 168 Å². The molecule has 146 valence electrons. The van der Waals surface area contributed by atoms with Gasteiger partial charge in [0.05, 0.1) is 18.4 Å². The predicted octanol–water partition coefficient (Wildman–Crippen LogP) is 4.12. The first-order valence-corrected chi connectivity index (χ1v) is 10.4. The van der Waals surface area contributed by atoms with Crippen LogP contribution in [0.3, 0.4) is 0 Å². The predicted molar refractivity (Wildman–Crippen MR) is 113 cm³/mol. The summed E-state index contributed by atoms with van der Waals surface area (Å²) in [4.78, 5) is 26.4. The largest absolute Gasteiger partial charge is 0.497 e. The smallest absolute Gasteiger partial charge is 0.229 e. The maximum absolute atomic E-state index is 12.8. The number of ether oxygens (including phenoxy) is 1. The lowest BCUT2D eigenvalue weighted by atomic mass is 9.96. The van der Waals surface area contributed by atoms with Gasteiger partial charge in [-0.3, -0.25) is 4.79 Å². The van der Waals surface area contributed by atoms with E-state index in [4.69, 9.17) is 4.74 Å². The first-order valence-electron chi connectivity index (χ1n) is 9.61. The van der Waals surface area contributed by atoms with Gasteiger partial charge in [0, 0.05) is 29.7 Å². The summed E-state index contributed by atoms with van der Waals surface area (Å²) in [6.07, 6.45) is 4.47. The van der Waals surface area contributed by atoms with E-state index in [1.54, 1.807) is 24.8 Å². The van der Waals surface area contributed by atoms with Crippen LogP contribution in [-0.4, -0.2) is 36.1 Å². The van der Waals surface area contributed by atoms with Crippen LogP contribution < -0.4 is 15.0 Å². The van der Waals surface area contributed by atoms with Crippen LogP contribution in [0.25, 0.3) is 10.2 Å². The van der Waals surface area contributed by atoms with Crippen LogP contribution in [-0.2, 0) is 11.2 Å². The van der Waals surface area contributed by atoms with E-state index in [0.29, 0.717) is 6.54 Å². The second-order valence-corrected chi connectivity index (χ2v) is 8.10. The number of nitrogens with zero attached hydrogens (tertiary/aromatic N) is 3. The molecule has 0 aliphatic carbocycles. The van der Waals surface area contributed by atoms with Gasteiger partial charge in [-0.05, 0) is 37.5 Å². The number of aromatic nitrogens is 2. The summed E-state index contributed by atoms with van der Waals surface area (Å²) in [6, 6.07) is 9.65. The van der Waals surface area contributed by atoms with Gasteiger partial charge in [0.15, 0.2) is 0 Å². The highest BCUT2D eigenvalue weighted by Crippen LogP contribution is 2.33. The topological polar surface area (TPSA) is 67.4 Å². The maximum Gasteiger partial charge on any atom is 0.229 e. The highest BCUT2D eigenvalue weighted by molar-refractivity contribution is 7.18. The SMILES string of the molecule is CCc1cc2c(N3CCC[C@@H](C(=O)Nc4cccc(OC)c4)C3)ncnc2s1. The third kappa shape index (κ3) is 3.80. The van der Waals surface area contributed by atoms with E-state index < -0.39 is 0 Å². The van der Waals surface area contributed by atoms with Gasteiger partial charge in [0.25, 0.3) is 0 Å². The standard InChI is InChI=1S/C21H24N4O2S/c1-3-17-11-18-19(22-13-23-21(18)28-17)25-9-5-6-14(12-25)20(26)24-15-7-4-8-16(10-15)27-2/h4,7-8,10-11,13-14H,3,5-6,9,12H2,1-2H3,(H,24,26)/t14-/m1/s1. The number of rotatable bonds is 5. The van der Waals surface area contributed by atoms with E-state index in [1.165, 1.54) is 4.88 Å². The summed E-state index contributed by atoms with van der Waals surface area (Å²) in [5.41, 5.74) is 0.760. The zero-order valence-corrected chi connectivity index (χ0v) is 17.0. The van der Waals surface area contributed by atoms with Gasteiger partial charge in [-0.25, -0.2) is 9.97 Å². The molecule has 1 fully saturated rings. The molecule has 0 spiro atoms. The third-order valence-electron chi connectivity index (χ3n) is 5.14. The quantitative estimate of drug-likeness (QED) is 0.703. The molecule has 2 aromatic heterocycles. The minimum atomic E-state index is -0.0748. The number of benzene rings is 1. The molecule has 0 unspecified atom stereocenters. The van der Waals surface area contributed by atoms with E-state index in [-0.39, 0.29) is 11.8 Å². The average molecular weight is 397 g/mol. The van der Waals surface area contributed by atoms with Crippen molar-refractivity contribution in [2.75, 3.05) is 30.4 Å². The number of anilines is 2. The fourth-order valence-corrected chi connectivity index (χ4v) is 4.58. The number of fused-ring (bicyclic) bond motifs is 1. The first-order chi connectivity index (χ1) is 13.7. The van der Waals surface area contributed by atoms with Gasteiger partial charge in [-0.1, -0.05) is 13.0 Å². The highest BCUT2D eigenvalue weighted by Gasteiger charge is 2.28. The van der Waals surface area contributed by atoms with Gasteiger partial charge in [-0.15, -0.1) is 11.3 Å². The van der Waals surface area contributed by atoms with Crippen molar-refractivity contribution in [2.24, 2.45) is 5.92 Å². The average Bonchev–Trinajstić information content (AvgIpc) is 3.17. The van der Waals surface area contributed by atoms with Crippen LogP contribution in [0.15, 0.2) is 36.7 Å². The number of hydrogen-bond acceptors (Lipinski definition) is 6. The third-order valence-corrected chi connectivity index (χ3v) is 6.32. The molecule has 1 N–H and O–H groups in total. The number of piperidine rings is 1. The minimum Gasteiger partial charge on any atom is -0.497 e. The van der Waals surface area contributed by atoms with Crippen LogP contribution in [0.5, 0.6) is 5.75 Å². The lowest BCUT2D eigenvalue weighted by Gasteiger charge is -2.33. The molecular formula is C21H24N4O2S. The van der Waals surface area contributed by atoms with Crippen molar-refractivity contribution in [2.45, 2.75) is 26.2 Å². The normalized spacial score (nSPS) is 16.9. The number of hydrogen-bond donors (Lipinski definition) is 1. The monoisotopic (exact) mass is 396 g/mol. The maximum atomic E-state index is 12.8. The summed E-state index contributed by atoms with van der Waals surface area (Å²) < 4.78 is 5.24. The molecule has 1 aromatic carbocycles. The Morgan fingerprint density at radius 1 is 1.36 bits per heavy atom. The molecule has 1 aliphatic heterocycles. The van der Waals surface area contributed by atoms with Crippen LogP contribution in [0, 0.1) is 5.92 Å². The van der Waals surface area contributed by atoms with Gasteiger partial charge >= 0.3 is 0 Å². The van der Waals surface area contributed by atoms with Gasteiger partial charge in [0.2, 0.25) is 5.91 Å². The molecule has 6 nitrogen and oxygen atoms in total. The molecule has 7 heteroatoms.